The molecule has 3 rings (SSSR count). The summed E-state index contributed by atoms with van der Waals surface area (Å²) in [6.45, 7) is 4.06. The van der Waals surface area contributed by atoms with Gasteiger partial charge in [-0.2, -0.15) is 0 Å². The summed E-state index contributed by atoms with van der Waals surface area (Å²) in [5, 5.41) is 4.15. The molecule has 1 N–H and O–H groups in total. The lowest BCUT2D eigenvalue weighted by Crippen LogP contribution is -2.06. The number of hydrogen-bond donors (Lipinski definition) is 1. The summed E-state index contributed by atoms with van der Waals surface area (Å²) in [5.41, 5.74) is 2.15. The van der Waals surface area contributed by atoms with Crippen molar-refractivity contribution in [2.24, 2.45) is 0 Å². The molecule has 0 fully saturated rings. The summed E-state index contributed by atoms with van der Waals surface area (Å²) < 4.78 is 5.73. The van der Waals surface area contributed by atoms with Crippen LogP contribution in [-0.4, -0.2) is 6.10 Å². The van der Waals surface area contributed by atoms with Gasteiger partial charge in [-0.3, -0.25) is 0 Å². The van der Waals surface area contributed by atoms with E-state index in [-0.39, 0.29) is 6.10 Å². The van der Waals surface area contributed by atoms with Crippen molar-refractivity contribution >= 4 is 34.7 Å². The summed E-state index contributed by atoms with van der Waals surface area (Å²) in [6, 6.07) is 12.0. The molecule has 4 heteroatoms. The molecule has 2 aromatic carbocycles. The van der Waals surface area contributed by atoms with Gasteiger partial charge in [-0.25, -0.2) is 0 Å². The Hall–Kier alpha value is -1.32. The van der Waals surface area contributed by atoms with Gasteiger partial charge >= 0.3 is 0 Å². The monoisotopic (exact) mass is 291 g/mol. The van der Waals surface area contributed by atoms with Crippen LogP contribution in [0.2, 0.25) is 5.02 Å². The normalized spacial score (nSPS) is 12.6. The Morgan fingerprint density at radius 3 is 2.68 bits per heavy atom. The highest BCUT2D eigenvalue weighted by Crippen LogP contribution is 2.46. The Morgan fingerprint density at radius 1 is 1.05 bits per heavy atom. The van der Waals surface area contributed by atoms with Gasteiger partial charge in [0, 0.05) is 14.8 Å². The molecule has 1 aliphatic heterocycles. The second-order valence-electron chi connectivity index (χ2n) is 4.69. The van der Waals surface area contributed by atoms with Crippen LogP contribution >= 0.6 is 23.4 Å². The van der Waals surface area contributed by atoms with Crippen molar-refractivity contribution in [1.29, 1.82) is 0 Å². The first-order valence-corrected chi connectivity index (χ1v) is 7.36. The van der Waals surface area contributed by atoms with Gasteiger partial charge in [0.25, 0.3) is 0 Å². The number of benzene rings is 2. The van der Waals surface area contributed by atoms with Crippen LogP contribution in [0.5, 0.6) is 5.75 Å². The highest BCUT2D eigenvalue weighted by atomic mass is 35.5. The summed E-state index contributed by atoms with van der Waals surface area (Å²) in [4.78, 5) is 2.35. The van der Waals surface area contributed by atoms with E-state index >= 15 is 0 Å². The third-order valence-corrected chi connectivity index (χ3v) is 4.12. The minimum Gasteiger partial charge on any atom is -0.491 e. The Labute approximate surface area is 122 Å². The minimum absolute atomic E-state index is 0.186. The van der Waals surface area contributed by atoms with Crippen LogP contribution in [0.3, 0.4) is 0 Å². The number of ether oxygens (including phenoxy) is 1. The lowest BCUT2D eigenvalue weighted by Gasteiger charge is -2.22. The molecule has 0 amide bonds. The molecule has 0 unspecified atom stereocenters. The standard InChI is InChI=1S/C15H14ClNOS/c1-9(2)18-11-4-5-12-15(8-11)19-14-6-3-10(16)7-13(14)17-12/h3-9,17H,1-2H3. The zero-order valence-electron chi connectivity index (χ0n) is 10.7. The first-order chi connectivity index (χ1) is 9.11. The smallest absolute Gasteiger partial charge is 0.120 e. The molecule has 1 heterocycles. The van der Waals surface area contributed by atoms with E-state index < -0.39 is 0 Å². The summed E-state index contributed by atoms with van der Waals surface area (Å²) in [7, 11) is 0. The van der Waals surface area contributed by atoms with Gasteiger partial charge in [0.15, 0.2) is 0 Å². The Balaban J connectivity index is 1.93. The van der Waals surface area contributed by atoms with Crippen molar-refractivity contribution in [1.82, 2.24) is 0 Å². The molecule has 19 heavy (non-hydrogen) atoms. The highest BCUT2D eigenvalue weighted by molar-refractivity contribution is 7.99. The van der Waals surface area contributed by atoms with Crippen molar-refractivity contribution in [2.45, 2.75) is 29.7 Å². The molecule has 0 saturated heterocycles. The van der Waals surface area contributed by atoms with Crippen LogP contribution in [-0.2, 0) is 0 Å². The van der Waals surface area contributed by atoms with Crippen LogP contribution in [0.25, 0.3) is 0 Å². The molecule has 2 aromatic rings. The fourth-order valence-corrected chi connectivity index (χ4v) is 3.16. The van der Waals surface area contributed by atoms with Crippen molar-refractivity contribution in [3.05, 3.63) is 41.4 Å². The van der Waals surface area contributed by atoms with Crippen molar-refractivity contribution in [3.63, 3.8) is 0 Å². The maximum atomic E-state index is 6.02. The van der Waals surface area contributed by atoms with E-state index in [1.807, 2.05) is 44.2 Å². The molecule has 0 radical (unpaired) electrons. The number of hydrogen-bond acceptors (Lipinski definition) is 3. The van der Waals surface area contributed by atoms with Crippen molar-refractivity contribution in [2.75, 3.05) is 5.32 Å². The Bertz CT molecular complexity index is 628. The van der Waals surface area contributed by atoms with Crippen LogP contribution in [0.1, 0.15) is 13.8 Å². The van der Waals surface area contributed by atoms with E-state index in [0.717, 1.165) is 22.1 Å². The van der Waals surface area contributed by atoms with Gasteiger partial charge in [0.1, 0.15) is 5.75 Å². The first-order valence-electron chi connectivity index (χ1n) is 6.17. The summed E-state index contributed by atoms with van der Waals surface area (Å²) in [6.07, 6.45) is 0.186. The number of nitrogens with one attached hydrogen (secondary N) is 1. The SMILES string of the molecule is CC(C)Oc1ccc2c(c1)Sc1ccc(Cl)cc1N2. The Morgan fingerprint density at radius 2 is 1.89 bits per heavy atom. The maximum Gasteiger partial charge on any atom is 0.120 e. The van der Waals surface area contributed by atoms with Gasteiger partial charge in [-0.05, 0) is 50.2 Å². The molecule has 0 aliphatic carbocycles. The fourth-order valence-electron chi connectivity index (χ4n) is 1.99. The molecule has 0 saturated carbocycles. The second-order valence-corrected chi connectivity index (χ2v) is 6.21. The quantitative estimate of drug-likeness (QED) is 0.689. The summed E-state index contributed by atoms with van der Waals surface area (Å²) >= 11 is 7.75. The molecular weight excluding hydrogens is 278 g/mol. The van der Waals surface area contributed by atoms with Crippen LogP contribution in [0.15, 0.2) is 46.2 Å². The minimum atomic E-state index is 0.186. The lowest BCUT2D eigenvalue weighted by atomic mass is 10.2. The molecule has 0 spiro atoms. The van der Waals surface area contributed by atoms with Gasteiger partial charge in [0.2, 0.25) is 0 Å². The van der Waals surface area contributed by atoms with Crippen LogP contribution < -0.4 is 10.1 Å². The van der Waals surface area contributed by atoms with Gasteiger partial charge in [-0.15, -0.1) is 0 Å². The molecule has 98 valence electrons. The van der Waals surface area contributed by atoms with E-state index in [9.17, 15) is 0 Å². The van der Waals surface area contributed by atoms with E-state index in [0.29, 0.717) is 0 Å². The molecule has 1 aliphatic rings. The van der Waals surface area contributed by atoms with E-state index in [1.54, 1.807) is 11.8 Å². The molecule has 0 atom stereocenters. The van der Waals surface area contributed by atoms with Gasteiger partial charge in [-0.1, -0.05) is 23.4 Å². The lowest BCUT2D eigenvalue weighted by molar-refractivity contribution is 0.242. The Kier molecular flexibility index (Phi) is 3.33. The second kappa shape index (κ2) is 4.99. The van der Waals surface area contributed by atoms with E-state index in [4.69, 9.17) is 16.3 Å². The fraction of sp³-hybridized carbons (Fsp3) is 0.200. The van der Waals surface area contributed by atoms with Gasteiger partial charge < -0.3 is 10.1 Å². The molecule has 2 nitrogen and oxygen atoms in total. The average Bonchev–Trinajstić information content (AvgIpc) is 2.35. The predicted molar refractivity (Wildman–Crippen MR) is 81.1 cm³/mol. The third kappa shape index (κ3) is 2.67. The maximum absolute atomic E-state index is 6.02. The van der Waals surface area contributed by atoms with Gasteiger partial charge in [0.05, 0.1) is 17.5 Å². The zero-order valence-corrected chi connectivity index (χ0v) is 12.3. The van der Waals surface area contributed by atoms with E-state index in [2.05, 4.69) is 11.4 Å². The predicted octanol–water partition coefficient (Wildman–Crippen LogP) is 5.34. The largest absolute Gasteiger partial charge is 0.491 e. The van der Waals surface area contributed by atoms with Crippen molar-refractivity contribution in [3.8, 4) is 5.75 Å². The number of halogens is 1. The number of rotatable bonds is 2. The first kappa shape index (κ1) is 12.7. The molecular formula is C15H14ClNOS. The zero-order chi connectivity index (χ0) is 13.4. The van der Waals surface area contributed by atoms with Crippen LogP contribution in [0.4, 0.5) is 11.4 Å². The number of anilines is 2. The topological polar surface area (TPSA) is 21.3 Å². The third-order valence-electron chi connectivity index (χ3n) is 2.76. The molecule has 0 bridgehead atoms. The van der Waals surface area contributed by atoms with Crippen molar-refractivity contribution < 1.29 is 4.74 Å². The van der Waals surface area contributed by atoms with Crippen LogP contribution in [0, 0.1) is 0 Å². The summed E-state index contributed by atoms with van der Waals surface area (Å²) in [5.74, 6) is 0.903. The number of fused-ring (bicyclic) bond motifs is 2. The highest BCUT2D eigenvalue weighted by Gasteiger charge is 2.16. The molecule has 0 aromatic heterocycles. The average molecular weight is 292 g/mol. The van der Waals surface area contributed by atoms with E-state index in [1.165, 1.54) is 9.79 Å².